The predicted octanol–water partition coefficient (Wildman–Crippen LogP) is 2.62. The minimum atomic E-state index is 0.444. The van der Waals surface area contributed by atoms with Gasteiger partial charge in [-0.1, -0.05) is 25.1 Å². The van der Waals surface area contributed by atoms with Crippen molar-refractivity contribution in [1.82, 2.24) is 10.3 Å². The van der Waals surface area contributed by atoms with E-state index >= 15 is 0 Å². The van der Waals surface area contributed by atoms with Gasteiger partial charge in [-0.3, -0.25) is 0 Å². The molecule has 2 aromatic rings. The molecule has 0 saturated carbocycles. The van der Waals surface area contributed by atoms with Gasteiger partial charge < -0.3 is 11.1 Å². The number of thiazole rings is 1. The molecule has 0 bridgehead atoms. The van der Waals surface area contributed by atoms with Gasteiger partial charge in [0.15, 0.2) is 0 Å². The van der Waals surface area contributed by atoms with Crippen LogP contribution in [0, 0.1) is 0 Å². The molecular weight excluding hydrogens is 230 g/mol. The van der Waals surface area contributed by atoms with E-state index in [0.717, 1.165) is 24.3 Å². The number of nitrogens with two attached hydrogens (primary N) is 1. The van der Waals surface area contributed by atoms with Gasteiger partial charge in [0.1, 0.15) is 0 Å². The number of rotatable bonds is 5. The number of benzene rings is 1. The quantitative estimate of drug-likeness (QED) is 0.799. The van der Waals surface area contributed by atoms with Gasteiger partial charge in [0.2, 0.25) is 0 Å². The summed E-state index contributed by atoms with van der Waals surface area (Å²) in [6.07, 6.45) is 1.85. The number of aromatic nitrogens is 1. The van der Waals surface area contributed by atoms with Gasteiger partial charge in [0.25, 0.3) is 0 Å². The monoisotopic (exact) mass is 247 g/mol. The van der Waals surface area contributed by atoms with Crippen LogP contribution >= 0.6 is 11.3 Å². The summed E-state index contributed by atoms with van der Waals surface area (Å²) in [4.78, 5) is 4.31. The van der Waals surface area contributed by atoms with Gasteiger partial charge in [-0.25, -0.2) is 4.98 Å². The van der Waals surface area contributed by atoms with Crippen LogP contribution in [0.25, 0.3) is 0 Å². The van der Waals surface area contributed by atoms with Crippen LogP contribution in [0.15, 0.2) is 35.8 Å². The first-order valence-electron chi connectivity index (χ1n) is 5.71. The highest BCUT2D eigenvalue weighted by Gasteiger charge is 2.07. The van der Waals surface area contributed by atoms with Crippen molar-refractivity contribution in [3.63, 3.8) is 0 Å². The predicted molar refractivity (Wildman–Crippen MR) is 73.1 cm³/mol. The second kappa shape index (κ2) is 5.80. The topological polar surface area (TPSA) is 50.9 Å². The molecule has 1 unspecified atom stereocenters. The Morgan fingerprint density at radius 2 is 2.24 bits per heavy atom. The van der Waals surface area contributed by atoms with E-state index in [1.54, 1.807) is 11.3 Å². The van der Waals surface area contributed by atoms with Crippen LogP contribution < -0.4 is 11.1 Å². The van der Waals surface area contributed by atoms with Crippen LogP contribution in [0.5, 0.6) is 0 Å². The Morgan fingerprint density at radius 1 is 1.41 bits per heavy atom. The first-order chi connectivity index (χ1) is 8.27. The van der Waals surface area contributed by atoms with E-state index in [0.29, 0.717) is 5.92 Å². The van der Waals surface area contributed by atoms with Gasteiger partial charge in [-0.2, -0.15) is 0 Å². The van der Waals surface area contributed by atoms with Gasteiger partial charge in [-0.05, 0) is 11.6 Å². The molecule has 1 aromatic carbocycles. The van der Waals surface area contributed by atoms with E-state index in [-0.39, 0.29) is 0 Å². The molecule has 17 heavy (non-hydrogen) atoms. The zero-order valence-corrected chi connectivity index (χ0v) is 10.7. The molecule has 90 valence electrons. The maximum Gasteiger partial charge on any atom is 0.0965 e. The maximum atomic E-state index is 5.88. The van der Waals surface area contributed by atoms with Gasteiger partial charge in [0, 0.05) is 36.3 Å². The molecule has 1 aromatic heterocycles. The first kappa shape index (κ1) is 12.1. The Labute approximate surface area is 106 Å². The van der Waals surface area contributed by atoms with E-state index in [4.69, 9.17) is 5.73 Å². The number of nitrogens with zero attached hydrogens (tertiary/aromatic N) is 1. The van der Waals surface area contributed by atoms with Crippen LogP contribution in [-0.4, -0.2) is 11.5 Å². The van der Waals surface area contributed by atoms with E-state index in [2.05, 4.69) is 23.3 Å². The average molecular weight is 247 g/mol. The number of para-hydroxylation sites is 1. The summed E-state index contributed by atoms with van der Waals surface area (Å²) in [5.74, 6) is 0.444. The van der Waals surface area contributed by atoms with Crippen LogP contribution in [-0.2, 0) is 6.54 Å². The number of nitrogen functional groups attached to an aromatic ring is 1. The Balaban J connectivity index is 1.82. The van der Waals surface area contributed by atoms with E-state index in [1.165, 1.54) is 5.01 Å². The molecule has 1 heterocycles. The average Bonchev–Trinajstić information content (AvgIpc) is 2.85. The third-order valence-electron chi connectivity index (χ3n) is 2.69. The van der Waals surface area contributed by atoms with Crippen molar-refractivity contribution >= 4 is 17.0 Å². The molecule has 2 rings (SSSR count). The summed E-state index contributed by atoms with van der Waals surface area (Å²) in [7, 11) is 0. The second-order valence-electron chi connectivity index (χ2n) is 4.10. The van der Waals surface area contributed by atoms with Crippen molar-refractivity contribution in [2.24, 2.45) is 0 Å². The standard InChI is InChI=1S/C13H17N3S/c1-10(13-16-6-7-17-13)8-15-9-11-4-2-3-5-12(11)14/h2-7,10,15H,8-9,14H2,1H3. The van der Waals surface area contributed by atoms with Crippen molar-refractivity contribution in [2.45, 2.75) is 19.4 Å². The Kier molecular flexibility index (Phi) is 4.12. The van der Waals surface area contributed by atoms with Crippen molar-refractivity contribution in [1.29, 1.82) is 0 Å². The Bertz CT molecular complexity index is 453. The molecule has 0 amide bonds. The van der Waals surface area contributed by atoms with Crippen LogP contribution in [0.3, 0.4) is 0 Å². The lowest BCUT2D eigenvalue weighted by Crippen LogP contribution is -2.20. The molecule has 1 atom stereocenters. The number of anilines is 1. The molecule has 0 radical (unpaired) electrons. The largest absolute Gasteiger partial charge is 0.398 e. The summed E-state index contributed by atoms with van der Waals surface area (Å²) in [6.45, 7) is 3.91. The lowest BCUT2D eigenvalue weighted by atomic mass is 10.1. The highest BCUT2D eigenvalue weighted by atomic mass is 32.1. The molecule has 4 heteroatoms. The van der Waals surface area contributed by atoms with Crippen molar-refractivity contribution < 1.29 is 0 Å². The summed E-state index contributed by atoms with van der Waals surface area (Å²) in [6, 6.07) is 7.95. The minimum Gasteiger partial charge on any atom is -0.398 e. The number of hydrogen-bond acceptors (Lipinski definition) is 4. The maximum absolute atomic E-state index is 5.88. The smallest absolute Gasteiger partial charge is 0.0965 e. The summed E-state index contributed by atoms with van der Waals surface area (Å²) < 4.78 is 0. The van der Waals surface area contributed by atoms with Gasteiger partial charge in [-0.15, -0.1) is 11.3 Å². The van der Waals surface area contributed by atoms with Crippen LogP contribution in [0.2, 0.25) is 0 Å². The highest BCUT2D eigenvalue weighted by molar-refractivity contribution is 7.09. The summed E-state index contributed by atoms with van der Waals surface area (Å²) >= 11 is 1.70. The third kappa shape index (κ3) is 3.28. The highest BCUT2D eigenvalue weighted by Crippen LogP contribution is 2.17. The molecule has 0 fully saturated rings. The van der Waals surface area contributed by atoms with Crippen LogP contribution in [0.1, 0.15) is 23.4 Å². The summed E-state index contributed by atoms with van der Waals surface area (Å²) in [5.41, 5.74) is 7.88. The lowest BCUT2D eigenvalue weighted by molar-refractivity contribution is 0.613. The fraction of sp³-hybridized carbons (Fsp3) is 0.308. The lowest BCUT2D eigenvalue weighted by Gasteiger charge is -2.11. The molecule has 0 saturated heterocycles. The Morgan fingerprint density at radius 3 is 2.94 bits per heavy atom. The fourth-order valence-corrected chi connectivity index (χ4v) is 2.38. The van der Waals surface area contributed by atoms with Gasteiger partial charge >= 0.3 is 0 Å². The van der Waals surface area contributed by atoms with E-state index in [1.807, 2.05) is 29.8 Å². The second-order valence-corrected chi connectivity index (χ2v) is 5.03. The molecule has 3 nitrogen and oxygen atoms in total. The van der Waals surface area contributed by atoms with Crippen LogP contribution in [0.4, 0.5) is 5.69 Å². The molecule has 3 N–H and O–H groups in total. The number of nitrogens with one attached hydrogen (secondary N) is 1. The molecule has 0 aliphatic carbocycles. The SMILES string of the molecule is CC(CNCc1ccccc1N)c1nccs1. The third-order valence-corrected chi connectivity index (χ3v) is 3.70. The van der Waals surface area contributed by atoms with Gasteiger partial charge in [0.05, 0.1) is 5.01 Å². The first-order valence-corrected chi connectivity index (χ1v) is 6.59. The molecule has 0 spiro atoms. The molecule has 0 aliphatic heterocycles. The van der Waals surface area contributed by atoms with Crippen molar-refractivity contribution in [3.05, 3.63) is 46.4 Å². The van der Waals surface area contributed by atoms with Crippen molar-refractivity contribution in [2.75, 3.05) is 12.3 Å². The zero-order chi connectivity index (χ0) is 12.1. The normalized spacial score (nSPS) is 12.5. The van der Waals surface area contributed by atoms with Crippen molar-refractivity contribution in [3.8, 4) is 0 Å². The fourth-order valence-electron chi connectivity index (χ4n) is 1.68. The minimum absolute atomic E-state index is 0.444. The van der Waals surface area contributed by atoms with E-state index < -0.39 is 0 Å². The zero-order valence-electron chi connectivity index (χ0n) is 9.89. The summed E-state index contributed by atoms with van der Waals surface area (Å²) in [5, 5.41) is 6.61. The number of hydrogen-bond donors (Lipinski definition) is 2. The van der Waals surface area contributed by atoms with E-state index in [9.17, 15) is 0 Å². The molecular formula is C13H17N3S. The Hall–Kier alpha value is -1.39. The molecule has 0 aliphatic rings.